The Morgan fingerprint density at radius 3 is 2.44 bits per heavy atom. The standard InChI is InChI=1S/C18H20N2O5/c1-19(15-6-4-14(12-21)10-16(15)20(22)23)9-8-13-5-7-17(24-2)18(11-13)25-3/h4-7,10-12H,8-9H2,1-3H3. The highest BCUT2D eigenvalue weighted by molar-refractivity contribution is 5.79. The third-order valence-electron chi connectivity index (χ3n) is 3.93. The summed E-state index contributed by atoms with van der Waals surface area (Å²) in [5, 5.41) is 11.3. The van der Waals surface area contributed by atoms with Crippen LogP contribution in [0.5, 0.6) is 11.5 Å². The first kappa shape index (κ1) is 18.3. The number of hydrogen-bond acceptors (Lipinski definition) is 6. The van der Waals surface area contributed by atoms with Crippen LogP contribution < -0.4 is 14.4 Å². The lowest BCUT2D eigenvalue weighted by Gasteiger charge is -2.19. The monoisotopic (exact) mass is 344 g/mol. The summed E-state index contributed by atoms with van der Waals surface area (Å²) < 4.78 is 10.5. The van der Waals surface area contributed by atoms with Crippen molar-refractivity contribution < 1.29 is 19.2 Å². The summed E-state index contributed by atoms with van der Waals surface area (Å²) in [4.78, 5) is 23.4. The van der Waals surface area contributed by atoms with Crippen LogP contribution in [0.3, 0.4) is 0 Å². The molecule has 7 nitrogen and oxygen atoms in total. The van der Waals surface area contributed by atoms with Gasteiger partial charge in [0.2, 0.25) is 0 Å². The smallest absolute Gasteiger partial charge is 0.293 e. The van der Waals surface area contributed by atoms with Gasteiger partial charge in [-0.2, -0.15) is 0 Å². The summed E-state index contributed by atoms with van der Waals surface area (Å²) in [6.07, 6.45) is 1.27. The Morgan fingerprint density at radius 2 is 1.84 bits per heavy atom. The zero-order valence-electron chi connectivity index (χ0n) is 14.4. The Bertz CT molecular complexity index is 776. The summed E-state index contributed by atoms with van der Waals surface area (Å²) in [5.41, 5.74) is 1.69. The van der Waals surface area contributed by atoms with Crippen molar-refractivity contribution in [1.29, 1.82) is 0 Å². The SMILES string of the molecule is COc1ccc(CCN(C)c2ccc(C=O)cc2[N+](=O)[O-])cc1OC. The molecule has 0 aliphatic heterocycles. The lowest BCUT2D eigenvalue weighted by Crippen LogP contribution is -2.21. The van der Waals surface area contributed by atoms with Gasteiger partial charge in [-0.25, -0.2) is 0 Å². The molecule has 0 fully saturated rings. The van der Waals surface area contributed by atoms with E-state index in [4.69, 9.17) is 9.47 Å². The first-order chi connectivity index (χ1) is 12.0. The predicted molar refractivity (Wildman–Crippen MR) is 95.0 cm³/mol. The van der Waals surface area contributed by atoms with Crippen LogP contribution in [0.4, 0.5) is 11.4 Å². The number of ether oxygens (including phenoxy) is 2. The molecule has 0 amide bonds. The zero-order chi connectivity index (χ0) is 18.4. The second kappa shape index (κ2) is 8.14. The summed E-state index contributed by atoms with van der Waals surface area (Å²) in [5.74, 6) is 1.30. The third kappa shape index (κ3) is 4.26. The van der Waals surface area contributed by atoms with Crippen LogP contribution in [0.1, 0.15) is 15.9 Å². The van der Waals surface area contributed by atoms with E-state index in [0.717, 1.165) is 5.56 Å². The number of aldehydes is 1. The molecule has 2 aromatic carbocycles. The van der Waals surface area contributed by atoms with Crippen LogP contribution in [-0.4, -0.2) is 39.0 Å². The van der Waals surface area contributed by atoms with E-state index in [-0.39, 0.29) is 11.3 Å². The molecule has 0 saturated carbocycles. The maximum Gasteiger partial charge on any atom is 0.293 e. The van der Waals surface area contributed by atoms with E-state index in [1.54, 1.807) is 38.3 Å². The normalized spacial score (nSPS) is 10.2. The summed E-state index contributed by atoms with van der Waals surface area (Å²) in [6.45, 7) is 0.566. The highest BCUT2D eigenvalue weighted by Gasteiger charge is 2.18. The van der Waals surface area contributed by atoms with Gasteiger partial charge >= 0.3 is 0 Å². The van der Waals surface area contributed by atoms with Crippen molar-refractivity contribution in [2.45, 2.75) is 6.42 Å². The van der Waals surface area contributed by atoms with E-state index in [1.807, 2.05) is 18.2 Å². The van der Waals surface area contributed by atoms with Gasteiger partial charge in [0.1, 0.15) is 12.0 Å². The molecule has 25 heavy (non-hydrogen) atoms. The molecule has 2 rings (SSSR count). The number of rotatable bonds is 8. The Labute approximate surface area is 145 Å². The van der Waals surface area contributed by atoms with E-state index < -0.39 is 4.92 Å². The topological polar surface area (TPSA) is 81.9 Å². The molecular formula is C18H20N2O5. The van der Waals surface area contributed by atoms with Gasteiger partial charge in [0.15, 0.2) is 11.5 Å². The molecule has 0 spiro atoms. The van der Waals surface area contributed by atoms with Gasteiger partial charge in [-0.1, -0.05) is 6.07 Å². The van der Waals surface area contributed by atoms with Crippen molar-refractivity contribution in [3.63, 3.8) is 0 Å². The minimum absolute atomic E-state index is 0.0839. The fourth-order valence-corrected chi connectivity index (χ4v) is 2.54. The van der Waals surface area contributed by atoms with Gasteiger partial charge in [-0.05, 0) is 36.2 Å². The molecule has 0 N–H and O–H groups in total. The summed E-state index contributed by atoms with van der Waals surface area (Å²) >= 11 is 0. The average Bonchev–Trinajstić information content (AvgIpc) is 2.65. The van der Waals surface area contributed by atoms with Crippen molar-refractivity contribution in [3.8, 4) is 11.5 Å². The van der Waals surface area contributed by atoms with Crippen LogP contribution in [0.15, 0.2) is 36.4 Å². The van der Waals surface area contributed by atoms with Gasteiger partial charge in [-0.3, -0.25) is 14.9 Å². The van der Waals surface area contributed by atoms with Crippen LogP contribution in [0.25, 0.3) is 0 Å². The van der Waals surface area contributed by atoms with E-state index in [1.165, 1.54) is 6.07 Å². The number of benzene rings is 2. The van der Waals surface area contributed by atoms with E-state index >= 15 is 0 Å². The Balaban J connectivity index is 2.16. The molecule has 0 aliphatic carbocycles. The minimum atomic E-state index is -0.477. The maximum atomic E-state index is 11.3. The van der Waals surface area contributed by atoms with E-state index in [0.29, 0.717) is 36.4 Å². The van der Waals surface area contributed by atoms with Gasteiger partial charge in [-0.15, -0.1) is 0 Å². The van der Waals surface area contributed by atoms with Gasteiger partial charge in [0.25, 0.3) is 5.69 Å². The Hall–Kier alpha value is -3.09. The molecule has 0 heterocycles. The molecule has 7 heteroatoms. The first-order valence-corrected chi connectivity index (χ1v) is 7.65. The van der Waals surface area contributed by atoms with Gasteiger partial charge in [0.05, 0.1) is 19.1 Å². The first-order valence-electron chi connectivity index (χ1n) is 7.65. The van der Waals surface area contributed by atoms with Crippen LogP contribution in [0, 0.1) is 10.1 Å². The molecule has 132 valence electrons. The largest absolute Gasteiger partial charge is 0.493 e. The highest BCUT2D eigenvalue weighted by atomic mass is 16.6. The van der Waals surface area contributed by atoms with Crippen LogP contribution in [-0.2, 0) is 6.42 Å². The Kier molecular flexibility index (Phi) is 5.94. The van der Waals surface area contributed by atoms with Crippen molar-refractivity contribution in [2.75, 3.05) is 32.7 Å². The van der Waals surface area contributed by atoms with Crippen molar-refractivity contribution in [2.24, 2.45) is 0 Å². The number of anilines is 1. The van der Waals surface area contributed by atoms with E-state index in [2.05, 4.69) is 0 Å². The van der Waals surface area contributed by atoms with Gasteiger partial charge < -0.3 is 14.4 Å². The molecule has 0 radical (unpaired) electrons. The highest BCUT2D eigenvalue weighted by Crippen LogP contribution is 2.30. The van der Waals surface area contributed by atoms with E-state index in [9.17, 15) is 14.9 Å². The molecular weight excluding hydrogens is 324 g/mol. The molecule has 2 aromatic rings. The molecule has 0 aromatic heterocycles. The number of hydrogen-bond donors (Lipinski definition) is 0. The lowest BCUT2D eigenvalue weighted by atomic mass is 10.1. The number of nitrogens with zero attached hydrogens (tertiary/aromatic N) is 2. The number of nitro groups is 1. The van der Waals surface area contributed by atoms with Crippen molar-refractivity contribution >= 4 is 17.7 Å². The van der Waals surface area contributed by atoms with Crippen LogP contribution in [0.2, 0.25) is 0 Å². The molecule has 0 bridgehead atoms. The minimum Gasteiger partial charge on any atom is -0.493 e. The number of carbonyl (C=O) groups excluding carboxylic acids is 1. The molecule has 0 atom stereocenters. The average molecular weight is 344 g/mol. The number of carbonyl (C=O) groups is 1. The fourth-order valence-electron chi connectivity index (χ4n) is 2.54. The predicted octanol–water partition coefficient (Wildman–Crippen LogP) is 3.10. The number of likely N-dealkylation sites (N-methyl/N-ethyl adjacent to an activating group) is 1. The quantitative estimate of drug-likeness (QED) is 0.416. The second-order valence-corrected chi connectivity index (χ2v) is 5.48. The number of methoxy groups -OCH3 is 2. The molecule has 0 unspecified atom stereocenters. The van der Waals surface area contributed by atoms with Crippen molar-refractivity contribution in [3.05, 3.63) is 57.6 Å². The van der Waals surface area contributed by atoms with Gasteiger partial charge in [0, 0.05) is 25.2 Å². The second-order valence-electron chi connectivity index (χ2n) is 5.48. The maximum absolute atomic E-state index is 11.3. The van der Waals surface area contributed by atoms with Crippen molar-refractivity contribution in [1.82, 2.24) is 0 Å². The molecule has 0 aliphatic rings. The zero-order valence-corrected chi connectivity index (χ0v) is 14.4. The third-order valence-corrected chi connectivity index (χ3v) is 3.93. The molecule has 0 saturated heterocycles. The fraction of sp³-hybridized carbons (Fsp3) is 0.278. The number of nitro benzene ring substituents is 1. The Morgan fingerprint density at radius 1 is 1.12 bits per heavy atom. The summed E-state index contributed by atoms with van der Waals surface area (Å²) in [6, 6.07) is 10.1. The van der Waals surface area contributed by atoms with Crippen LogP contribution >= 0.6 is 0 Å². The lowest BCUT2D eigenvalue weighted by molar-refractivity contribution is -0.384. The summed E-state index contributed by atoms with van der Waals surface area (Å²) in [7, 11) is 4.93.